The summed E-state index contributed by atoms with van der Waals surface area (Å²) >= 11 is 0. The molecule has 1 N–H and O–H groups in total. The Bertz CT molecular complexity index is 464. The van der Waals surface area contributed by atoms with E-state index in [4.69, 9.17) is 9.47 Å². The Hall–Kier alpha value is -1.62. The minimum atomic E-state index is -0.867. The molecule has 1 aliphatic carbocycles. The highest BCUT2D eigenvalue weighted by atomic mass is 16.5. The topological polar surface area (TPSA) is 68.7 Å². The first-order valence-corrected chi connectivity index (χ1v) is 7.47. The molecule has 0 unspecified atom stereocenters. The summed E-state index contributed by atoms with van der Waals surface area (Å²) in [5, 5.41) is 10.5. The molecule has 1 heterocycles. The van der Waals surface area contributed by atoms with Gasteiger partial charge in [0.15, 0.2) is 0 Å². The molecule has 0 aliphatic heterocycles. The summed E-state index contributed by atoms with van der Waals surface area (Å²) in [6.45, 7) is 4.35. The summed E-state index contributed by atoms with van der Waals surface area (Å²) in [6, 6.07) is 3.72. The molecule has 5 nitrogen and oxygen atoms in total. The van der Waals surface area contributed by atoms with Gasteiger partial charge in [-0.15, -0.1) is 0 Å². The minimum Gasteiger partial charge on any atom is -0.489 e. The molecular formula is C16H23NO4. The monoisotopic (exact) mass is 293 g/mol. The van der Waals surface area contributed by atoms with Crippen molar-refractivity contribution in [1.29, 1.82) is 0 Å². The van der Waals surface area contributed by atoms with Crippen molar-refractivity contribution in [2.75, 3.05) is 13.2 Å². The molecule has 2 rings (SSSR count). The molecule has 0 saturated heterocycles. The molecule has 1 aromatic rings. The van der Waals surface area contributed by atoms with E-state index in [2.05, 4.69) is 4.98 Å². The van der Waals surface area contributed by atoms with E-state index >= 15 is 0 Å². The number of nitrogens with zero attached hydrogens (tertiary/aromatic N) is 1. The van der Waals surface area contributed by atoms with Crippen LogP contribution in [0.25, 0.3) is 0 Å². The van der Waals surface area contributed by atoms with Crippen LogP contribution in [-0.2, 0) is 9.53 Å². The van der Waals surface area contributed by atoms with Crippen molar-refractivity contribution in [2.45, 2.75) is 45.1 Å². The predicted octanol–water partition coefficient (Wildman–Crippen LogP) is 2.25. The second-order valence-electron chi connectivity index (χ2n) is 5.67. The number of esters is 1. The van der Waals surface area contributed by atoms with Crippen molar-refractivity contribution in [3.8, 4) is 5.75 Å². The molecule has 0 atom stereocenters. The number of aromatic nitrogens is 1. The Morgan fingerprint density at radius 2 is 2.14 bits per heavy atom. The van der Waals surface area contributed by atoms with Crippen LogP contribution in [0.4, 0.5) is 0 Å². The fourth-order valence-corrected chi connectivity index (χ4v) is 2.55. The van der Waals surface area contributed by atoms with E-state index in [-0.39, 0.29) is 18.5 Å². The van der Waals surface area contributed by atoms with Crippen LogP contribution in [0.5, 0.6) is 5.75 Å². The second-order valence-corrected chi connectivity index (χ2v) is 5.67. The quantitative estimate of drug-likeness (QED) is 0.843. The zero-order chi connectivity index (χ0) is 15.3. The first-order valence-electron chi connectivity index (χ1n) is 7.47. The molecule has 5 heteroatoms. The SMILES string of the molecule is CCOC(=O)C1CCC(O)(COc2ccc(C)nc2)CC1. The van der Waals surface area contributed by atoms with Crippen molar-refractivity contribution >= 4 is 5.97 Å². The number of rotatable bonds is 5. The lowest BCUT2D eigenvalue weighted by Gasteiger charge is -2.34. The Labute approximate surface area is 125 Å². The number of hydrogen-bond donors (Lipinski definition) is 1. The highest BCUT2D eigenvalue weighted by Crippen LogP contribution is 2.33. The Morgan fingerprint density at radius 3 is 2.71 bits per heavy atom. The van der Waals surface area contributed by atoms with Crippen LogP contribution >= 0.6 is 0 Å². The van der Waals surface area contributed by atoms with E-state index in [1.54, 1.807) is 13.1 Å². The number of aliphatic hydroxyl groups is 1. The zero-order valence-electron chi connectivity index (χ0n) is 12.7. The molecule has 1 fully saturated rings. The number of carbonyl (C=O) groups is 1. The third-order valence-corrected chi connectivity index (χ3v) is 3.93. The summed E-state index contributed by atoms with van der Waals surface area (Å²) in [6.07, 6.45) is 4.05. The lowest BCUT2D eigenvalue weighted by Crippen LogP contribution is -2.41. The van der Waals surface area contributed by atoms with Crippen LogP contribution in [0.15, 0.2) is 18.3 Å². The number of pyridine rings is 1. The number of aryl methyl sites for hydroxylation is 1. The maximum atomic E-state index is 11.7. The number of carbonyl (C=O) groups excluding carboxylic acids is 1. The lowest BCUT2D eigenvalue weighted by atomic mass is 9.79. The van der Waals surface area contributed by atoms with E-state index in [9.17, 15) is 9.90 Å². The average Bonchev–Trinajstić information content (AvgIpc) is 2.48. The van der Waals surface area contributed by atoms with E-state index < -0.39 is 5.60 Å². The summed E-state index contributed by atoms with van der Waals surface area (Å²) in [7, 11) is 0. The molecule has 0 spiro atoms. The molecule has 0 bridgehead atoms. The predicted molar refractivity (Wildman–Crippen MR) is 78.0 cm³/mol. The van der Waals surface area contributed by atoms with Crippen molar-refractivity contribution in [1.82, 2.24) is 4.98 Å². The van der Waals surface area contributed by atoms with Crippen molar-refractivity contribution in [2.24, 2.45) is 5.92 Å². The van der Waals surface area contributed by atoms with Crippen molar-refractivity contribution < 1.29 is 19.4 Å². The molecule has 0 aromatic carbocycles. The second kappa shape index (κ2) is 6.89. The fourth-order valence-electron chi connectivity index (χ4n) is 2.55. The molecule has 1 saturated carbocycles. The van der Waals surface area contributed by atoms with Gasteiger partial charge in [-0.2, -0.15) is 0 Å². The molecule has 0 radical (unpaired) electrons. The smallest absolute Gasteiger partial charge is 0.308 e. The van der Waals surface area contributed by atoms with Gasteiger partial charge in [-0.05, 0) is 51.7 Å². The van der Waals surface area contributed by atoms with Crippen LogP contribution in [0, 0.1) is 12.8 Å². The van der Waals surface area contributed by atoms with Gasteiger partial charge < -0.3 is 14.6 Å². The summed E-state index contributed by atoms with van der Waals surface area (Å²) in [5.74, 6) is 0.413. The lowest BCUT2D eigenvalue weighted by molar-refractivity contribution is -0.151. The maximum Gasteiger partial charge on any atom is 0.308 e. The van der Waals surface area contributed by atoms with Gasteiger partial charge in [-0.25, -0.2) is 0 Å². The first kappa shape index (κ1) is 15.8. The van der Waals surface area contributed by atoms with E-state index in [1.807, 2.05) is 19.1 Å². The summed E-state index contributed by atoms with van der Waals surface area (Å²) in [5.41, 5.74) is 0.0597. The summed E-state index contributed by atoms with van der Waals surface area (Å²) in [4.78, 5) is 15.8. The van der Waals surface area contributed by atoms with Gasteiger partial charge in [0.25, 0.3) is 0 Å². The third kappa shape index (κ3) is 4.43. The number of ether oxygens (including phenoxy) is 2. The Morgan fingerprint density at radius 1 is 1.43 bits per heavy atom. The van der Waals surface area contributed by atoms with Gasteiger partial charge in [-0.1, -0.05) is 0 Å². The fraction of sp³-hybridized carbons (Fsp3) is 0.625. The van der Waals surface area contributed by atoms with Gasteiger partial charge >= 0.3 is 5.97 Å². The van der Waals surface area contributed by atoms with E-state index in [0.717, 1.165) is 5.69 Å². The first-order chi connectivity index (χ1) is 10.0. The van der Waals surface area contributed by atoms with Gasteiger partial charge in [0.1, 0.15) is 12.4 Å². The third-order valence-electron chi connectivity index (χ3n) is 3.93. The van der Waals surface area contributed by atoms with Gasteiger partial charge in [-0.3, -0.25) is 9.78 Å². The van der Waals surface area contributed by atoms with Crippen LogP contribution in [-0.4, -0.2) is 34.9 Å². The Balaban J connectivity index is 1.82. The molecule has 21 heavy (non-hydrogen) atoms. The van der Waals surface area contributed by atoms with Crippen LogP contribution in [0.1, 0.15) is 38.3 Å². The van der Waals surface area contributed by atoms with Crippen LogP contribution < -0.4 is 4.74 Å². The molecule has 1 aliphatic rings. The Kier molecular flexibility index (Phi) is 5.17. The zero-order valence-corrected chi connectivity index (χ0v) is 12.7. The van der Waals surface area contributed by atoms with E-state index in [0.29, 0.717) is 38.0 Å². The van der Waals surface area contributed by atoms with Crippen LogP contribution in [0.2, 0.25) is 0 Å². The molecule has 0 amide bonds. The highest BCUT2D eigenvalue weighted by molar-refractivity contribution is 5.72. The van der Waals surface area contributed by atoms with Crippen LogP contribution in [0.3, 0.4) is 0 Å². The summed E-state index contributed by atoms with van der Waals surface area (Å²) < 4.78 is 10.6. The largest absolute Gasteiger partial charge is 0.489 e. The molecule has 116 valence electrons. The molecule has 1 aromatic heterocycles. The van der Waals surface area contributed by atoms with Crippen molar-refractivity contribution in [3.63, 3.8) is 0 Å². The minimum absolute atomic E-state index is 0.0914. The average molecular weight is 293 g/mol. The standard InChI is InChI=1S/C16H23NO4/c1-3-20-15(18)13-6-8-16(19,9-7-13)11-21-14-5-4-12(2)17-10-14/h4-5,10,13,19H,3,6-9,11H2,1-2H3. The van der Waals surface area contributed by atoms with E-state index in [1.165, 1.54) is 0 Å². The normalized spacial score (nSPS) is 25.4. The van der Waals surface area contributed by atoms with Gasteiger partial charge in [0, 0.05) is 5.69 Å². The van der Waals surface area contributed by atoms with Gasteiger partial charge in [0.05, 0.1) is 24.3 Å². The van der Waals surface area contributed by atoms with Crippen molar-refractivity contribution in [3.05, 3.63) is 24.0 Å². The maximum absolute atomic E-state index is 11.7. The van der Waals surface area contributed by atoms with Gasteiger partial charge in [0.2, 0.25) is 0 Å². The highest BCUT2D eigenvalue weighted by Gasteiger charge is 2.37. The molecular weight excluding hydrogens is 270 g/mol. The number of hydrogen-bond acceptors (Lipinski definition) is 5.